The number of rotatable bonds is 9. The second-order valence-electron chi connectivity index (χ2n) is 8.60. The molecule has 170 valence electrons. The van der Waals surface area contributed by atoms with E-state index in [1.807, 2.05) is 31.1 Å². The first-order chi connectivity index (χ1) is 15.1. The molecular weight excluding hydrogens is 394 g/mol. The molecule has 0 amide bonds. The van der Waals surface area contributed by atoms with Crippen LogP contribution in [0.15, 0.2) is 12.1 Å². The number of fused-ring (bicyclic) bond motifs is 1. The van der Waals surface area contributed by atoms with Crippen LogP contribution in [-0.4, -0.2) is 81.6 Å². The zero-order chi connectivity index (χ0) is 21.6. The molecule has 2 aliphatic rings. The summed E-state index contributed by atoms with van der Waals surface area (Å²) in [7, 11) is 5.58. The van der Waals surface area contributed by atoms with Crippen LogP contribution in [0.25, 0.3) is 10.9 Å². The van der Waals surface area contributed by atoms with Gasteiger partial charge in [0.1, 0.15) is 5.82 Å². The van der Waals surface area contributed by atoms with Gasteiger partial charge in [-0.15, -0.1) is 0 Å². The van der Waals surface area contributed by atoms with Crippen molar-refractivity contribution in [1.82, 2.24) is 14.9 Å². The molecule has 1 N–H and O–H groups in total. The van der Waals surface area contributed by atoms with Crippen molar-refractivity contribution in [3.8, 4) is 11.5 Å². The Morgan fingerprint density at radius 3 is 2.71 bits per heavy atom. The normalized spacial score (nSPS) is 19.5. The molecule has 0 aliphatic carbocycles. The molecule has 4 rings (SSSR count). The van der Waals surface area contributed by atoms with Gasteiger partial charge in [-0.3, -0.25) is 0 Å². The molecule has 3 heterocycles. The number of nitrogens with zero attached hydrogens (tertiary/aromatic N) is 4. The quantitative estimate of drug-likeness (QED) is 0.610. The predicted molar refractivity (Wildman–Crippen MR) is 124 cm³/mol. The van der Waals surface area contributed by atoms with Crippen LogP contribution < -0.4 is 19.7 Å². The van der Waals surface area contributed by atoms with Crippen LogP contribution in [0.2, 0.25) is 0 Å². The lowest BCUT2D eigenvalue weighted by Crippen LogP contribution is -2.30. The summed E-state index contributed by atoms with van der Waals surface area (Å²) in [5, 5.41) is 4.50. The van der Waals surface area contributed by atoms with Gasteiger partial charge in [0.15, 0.2) is 11.5 Å². The van der Waals surface area contributed by atoms with Crippen LogP contribution in [0.3, 0.4) is 0 Å². The lowest BCUT2D eigenvalue weighted by Gasteiger charge is -2.25. The number of anilines is 2. The van der Waals surface area contributed by atoms with E-state index in [1.54, 1.807) is 7.11 Å². The summed E-state index contributed by atoms with van der Waals surface area (Å²) in [4.78, 5) is 13.9. The van der Waals surface area contributed by atoms with Crippen LogP contribution in [-0.2, 0) is 4.74 Å². The summed E-state index contributed by atoms with van der Waals surface area (Å²) >= 11 is 0. The smallest absolute Gasteiger partial charge is 0.227 e. The fourth-order valence-corrected chi connectivity index (χ4v) is 4.23. The molecule has 2 aromatic rings. The van der Waals surface area contributed by atoms with Crippen molar-refractivity contribution in [2.45, 2.75) is 38.1 Å². The second kappa shape index (κ2) is 10.3. The third-order valence-electron chi connectivity index (χ3n) is 5.95. The number of likely N-dealkylation sites (tertiary alicyclic amines) is 1. The van der Waals surface area contributed by atoms with E-state index < -0.39 is 0 Å². The van der Waals surface area contributed by atoms with Gasteiger partial charge in [0.2, 0.25) is 5.95 Å². The van der Waals surface area contributed by atoms with Crippen molar-refractivity contribution in [3.63, 3.8) is 0 Å². The van der Waals surface area contributed by atoms with E-state index >= 15 is 0 Å². The zero-order valence-electron chi connectivity index (χ0n) is 19.0. The number of ether oxygens (including phenoxy) is 3. The Hall–Kier alpha value is -2.32. The van der Waals surface area contributed by atoms with Crippen molar-refractivity contribution in [1.29, 1.82) is 0 Å². The molecule has 0 bridgehead atoms. The van der Waals surface area contributed by atoms with Crippen LogP contribution in [0.1, 0.15) is 32.1 Å². The molecular formula is C23H35N5O3. The van der Waals surface area contributed by atoms with Gasteiger partial charge in [0.25, 0.3) is 0 Å². The molecule has 0 radical (unpaired) electrons. The number of nitrogens with one attached hydrogen (secondary N) is 1. The maximum absolute atomic E-state index is 6.12. The Morgan fingerprint density at radius 1 is 1.16 bits per heavy atom. The van der Waals surface area contributed by atoms with E-state index in [9.17, 15) is 0 Å². The molecule has 31 heavy (non-hydrogen) atoms. The molecule has 8 heteroatoms. The lowest BCUT2D eigenvalue weighted by molar-refractivity contribution is 0.0875. The largest absolute Gasteiger partial charge is 0.493 e. The summed E-state index contributed by atoms with van der Waals surface area (Å²) in [6.45, 7) is 5.70. The molecule has 8 nitrogen and oxygen atoms in total. The number of aromatic nitrogens is 2. The predicted octanol–water partition coefficient (Wildman–Crippen LogP) is 3.16. The highest BCUT2D eigenvalue weighted by Gasteiger charge is 2.19. The molecule has 0 saturated carbocycles. The number of hydrogen-bond acceptors (Lipinski definition) is 8. The number of benzene rings is 1. The Labute approximate surface area is 184 Å². The fraction of sp³-hybridized carbons (Fsp3) is 0.652. The van der Waals surface area contributed by atoms with Gasteiger partial charge < -0.3 is 29.3 Å². The highest BCUT2D eigenvalue weighted by atomic mass is 16.5. The topological polar surface area (TPSA) is 72.0 Å². The fourth-order valence-electron chi connectivity index (χ4n) is 4.23. The summed E-state index contributed by atoms with van der Waals surface area (Å²) in [6, 6.07) is 4.20. The highest BCUT2D eigenvalue weighted by Crippen LogP contribution is 2.35. The molecule has 2 fully saturated rings. The van der Waals surface area contributed by atoms with E-state index in [1.165, 1.54) is 25.9 Å². The van der Waals surface area contributed by atoms with Gasteiger partial charge in [-0.1, -0.05) is 0 Å². The Bertz CT molecular complexity index is 864. The average molecular weight is 430 g/mol. The van der Waals surface area contributed by atoms with Crippen molar-refractivity contribution in [3.05, 3.63) is 12.1 Å². The van der Waals surface area contributed by atoms with E-state index in [-0.39, 0.29) is 6.04 Å². The summed E-state index contributed by atoms with van der Waals surface area (Å²) in [5.74, 6) is 2.91. The van der Waals surface area contributed by atoms with Crippen molar-refractivity contribution in [2.24, 2.45) is 0 Å². The molecule has 1 unspecified atom stereocenters. The first kappa shape index (κ1) is 21.9. The average Bonchev–Trinajstić information content (AvgIpc) is 3.30. The van der Waals surface area contributed by atoms with Crippen LogP contribution >= 0.6 is 0 Å². The maximum Gasteiger partial charge on any atom is 0.227 e. The van der Waals surface area contributed by atoms with Crippen LogP contribution in [0, 0.1) is 0 Å². The van der Waals surface area contributed by atoms with Gasteiger partial charge in [-0.2, -0.15) is 4.98 Å². The van der Waals surface area contributed by atoms with Gasteiger partial charge in [0.05, 0.1) is 31.9 Å². The second-order valence-corrected chi connectivity index (χ2v) is 8.60. The van der Waals surface area contributed by atoms with E-state index in [0.29, 0.717) is 24.9 Å². The van der Waals surface area contributed by atoms with Crippen molar-refractivity contribution < 1.29 is 14.2 Å². The van der Waals surface area contributed by atoms with E-state index in [2.05, 4.69) is 10.2 Å². The molecule has 1 aromatic carbocycles. The van der Waals surface area contributed by atoms with Crippen LogP contribution in [0.4, 0.5) is 11.8 Å². The Morgan fingerprint density at radius 2 is 2.00 bits per heavy atom. The third-order valence-corrected chi connectivity index (χ3v) is 5.95. The van der Waals surface area contributed by atoms with Gasteiger partial charge in [0, 0.05) is 38.7 Å². The Balaban J connectivity index is 1.55. The minimum Gasteiger partial charge on any atom is -0.493 e. The summed E-state index contributed by atoms with van der Waals surface area (Å²) in [6.07, 6.45) is 5.76. The molecule has 2 saturated heterocycles. The lowest BCUT2D eigenvalue weighted by atomic mass is 10.1. The zero-order valence-corrected chi connectivity index (χ0v) is 19.0. The SMILES string of the molecule is COc1cc2c(NC3CCCOC3)nc(N(C)C)nc2cc1OCCCN1CCCC1. The van der Waals surface area contributed by atoms with Crippen molar-refractivity contribution >= 4 is 22.7 Å². The first-order valence-electron chi connectivity index (χ1n) is 11.4. The summed E-state index contributed by atoms with van der Waals surface area (Å²) in [5.41, 5.74) is 0.841. The minimum atomic E-state index is 0.245. The van der Waals surface area contributed by atoms with Crippen molar-refractivity contribution in [2.75, 3.05) is 70.9 Å². The molecule has 1 aromatic heterocycles. The van der Waals surface area contributed by atoms with E-state index in [4.69, 9.17) is 24.2 Å². The molecule has 2 aliphatic heterocycles. The number of methoxy groups -OCH3 is 1. The van der Waals surface area contributed by atoms with E-state index in [0.717, 1.165) is 54.9 Å². The first-order valence-corrected chi connectivity index (χ1v) is 11.4. The number of hydrogen-bond donors (Lipinski definition) is 1. The van der Waals surface area contributed by atoms with Crippen LogP contribution in [0.5, 0.6) is 11.5 Å². The maximum atomic E-state index is 6.12. The molecule has 1 atom stereocenters. The van der Waals surface area contributed by atoms with Gasteiger partial charge in [-0.05, 0) is 51.3 Å². The highest BCUT2D eigenvalue weighted by molar-refractivity contribution is 5.92. The molecule has 0 spiro atoms. The Kier molecular flexibility index (Phi) is 7.29. The third kappa shape index (κ3) is 5.49. The minimum absolute atomic E-state index is 0.245. The van der Waals surface area contributed by atoms with Gasteiger partial charge >= 0.3 is 0 Å². The van der Waals surface area contributed by atoms with Gasteiger partial charge in [-0.25, -0.2) is 4.98 Å². The summed E-state index contributed by atoms with van der Waals surface area (Å²) < 4.78 is 17.4. The monoisotopic (exact) mass is 429 g/mol. The standard InChI is InChI=1S/C23H35N5O3/c1-27(2)23-25-19-15-21(31-13-7-11-28-9-4-5-10-28)20(29-3)14-18(19)22(26-23)24-17-8-6-12-30-16-17/h14-15,17H,4-13,16H2,1-3H3,(H,24,25,26).